The summed E-state index contributed by atoms with van der Waals surface area (Å²) in [6.45, 7) is 10.2. The molecule has 4 rings (SSSR count). The molecule has 3 aromatic carbocycles. The summed E-state index contributed by atoms with van der Waals surface area (Å²) >= 11 is 12.2. The molecule has 196 valence electrons. The van der Waals surface area contributed by atoms with Gasteiger partial charge in [0.1, 0.15) is 10.7 Å². The van der Waals surface area contributed by atoms with Crippen molar-refractivity contribution in [3.05, 3.63) is 98.7 Å². The van der Waals surface area contributed by atoms with Crippen LogP contribution in [0, 0.1) is 6.92 Å². The first-order chi connectivity index (χ1) is 18.0. The monoisotopic (exact) mass is 549 g/mol. The number of hydrogen-bond donors (Lipinski definition) is 2. The van der Waals surface area contributed by atoms with Gasteiger partial charge in [0.15, 0.2) is 0 Å². The summed E-state index contributed by atoms with van der Waals surface area (Å²) in [4.78, 5) is 40.4. The molecule has 0 saturated heterocycles. The highest BCUT2D eigenvalue weighted by Gasteiger charge is 2.39. The lowest BCUT2D eigenvalue weighted by Crippen LogP contribution is -2.32. The molecule has 8 heteroatoms. The first-order valence-corrected chi connectivity index (χ1v) is 13.1. The van der Waals surface area contributed by atoms with E-state index >= 15 is 0 Å². The van der Waals surface area contributed by atoms with Crippen LogP contribution < -0.4 is 15.5 Å². The number of anilines is 3. The van der Waals surface area contributed by atoms with Gasteiger partial charge in [0, 0.05) is 22.0 Å². The Morgan fingerprint density at radius 3 is 2.03 bits per heavy atom. The van der Waals surface area contributed by atoms with Crippen molar-refractivity contribution in [2.24, 2.45) is 0 Å². The van der Waals surface area contributed by atoms with Crippen molar-refractivity contribution in [3.63, 3.8) is 0 Å². The second kappa shape index (κ2) is 11.0. The van der Waals surface area contributed by atoms with E-state index in [1.807, 2.05) is 25.1 Å². The van der Waals surface area contributed by atoms with Crippen LogP contribution in [0.25, 0.3) is 0 Å². The fraction of sp³-hybridized carbons (Fsp3) is 0.233. The van der Waals surface area contributed by atoms with Crippen LogP contribution in [0.1, 0.15) is 66.6 Å². The first-order valence-electron chi connectivity index (χ1n) is 12.4. The highest BCUT2D eigenvalue weighted by atomic mass is 35.5. The highest BCUT2D eigenvalue weighted by Crippen LogP contribution is 2.34. The fourth-order valence-corrected chi connectivity index (χ4v) is 4.69. The number of benzene rings is 3. The number of carbonyl (C=O) groups is 3. The molecule has 0 unspecified atom stereocenters. The van der Waals surface area contributed by atoms with E-state index in [1.54, 1.807) is 42.5 Å². The molecule has 1 aliphatic heterocycles. The van der Waals surface area contributed by atoms with Crippen LogP contribution in [-0.4, -0.2) is 17.7 Å². The number of para-hydroxylation sites is 1. The van der Waals surface area contributed by atoms with Crippen LogP contribution in [0.2, 0.25) is 5.02 Å². The number of aryl methyl sites for hydroxylation is 1. The quantitative estimate of drug-likeness (QED) is 0.297. The topological polar surface area (TPSA) is 78.5 Å². The van der Waals surface area contributed by atoms with Crippen molar-refractivity contribution in [3.8, 4) is 0 Å². The Labute approximate surface area is 232 Å². The van der Waals surface area contributed by atoms with Gasteiger partial charge in [-0.3, -0.25) is 14.4 Å². The second-order valence-corrected chi connectivity index (χ2v) is 10.7. The summed E-state index contributed by atoms with van der Waals surface area (Å²) in [5, 5.41) is 6.36. The van der Waals surface area contributed by atoms with Crippen molar-refractivity contribution in [2.45, 2.75) is 46.5 Å². The van der Waals surface area contributed by atoms with Crippen LogP contribution in [0.15, 0.2) is 71.4 Å². The molecular formula is C30H29Cl2N3O3. The van der Waals surface area contributed by atoms with E-state index in [9.17, 15) is 14.4 Å². The summed E-state index contributed by atoms with van der Waals surface area (Å²) in [6, 6.07) is 17.5. The zero-order chi connectivity index (χ0) is 27.7. The van der Waals surface area contributed by atoms with Gasteiger partial charge in [-0.2, -0.15) is 0 Å². The predicted molar refractivity (Wildman–Crippen MR) is 154 cm³/mol. The summed E-state index contributed by atoms with van der Waals surface area (Å²) in [5.41, 5.74) is 4.90. The Kier molecular flexibility index (Phi) is 7.95. The SMILES string of the molecule is Cc1ccc(C(=O)Nc2c(C(C)C)cccc2C(C)C)cc1NC1=C(Cl)C(=O)N(c2ccc(Cl)cc2)C1=O. The number of imide groups is 1. The zero-order valence-corrected chi connectivity index (χ0v) is 23.4. The van der Waals surface area contributed by atoms with Crippen molar-refractivity contribution in [1.29, 1.82) is 0 Å². The number of nitrogens with one attached hydrogen (secondary N) is 2. The van der Waals surface area contributed by atoms with E-state index < -0.39 is 11.8 Å². The average molecular weight is 550 g/mol. The average Bonchev–Trinajstić information content (AvgIpc) is 3.08. The van der Waals surface area contributed by atoms with Crippen LogP contribution in [0.3, 0.4) is 0 Å². The third kappa shape index (κ3) is 5.33. The Bertz CT molecular complexity index is 1430. The van der Waals surface area contributed by atoms with Crippen LogP contribution in [0.4, 0.5) is 17.1 Å². The zero-order valence-electron chi connectivity index (χ0n) is 21.9. The van der Waals surface area contributed by atoms with Gasteiger partial charge in [-0.1, -0.05) is 75.2 Å². The van der Waals surface area contributed by atoms with E-state index in [-0.39, 0.29) is 28.5 Å². The number of rotatable bonds is 7. The lowest BCUT2D eigenvalue weighted by atomic mass is 9.92. The molecule has 0 bridgehead atoms. The van der Waals surface area contributed by atoms with Gasteiger partial charge in [0.05, 0.1) is 5.69 Å². The lowest BCUT2D eigenvalue weighted by Gasteiger charge is -2.20. The molecule has 0 saturated carbocycles. The number of amides is 3. The first kappa shape index (κ1) is 27.4. The Morgan fingerprint density at radius 2 is 1.45 bits per heavy atom. The largest absolute Gasteiger partial charge is 0.349 e. The van der Waals surface area contributed by atoms with Crippen molar-refractivity contribution >= 4 is 58.0 Å². The molecule has 1 aliphatic rings. The molecule has 2 N–H and O–H groups in total. The summed E-state index contributed by atoms with van der Waals surface area (Å²) in [5.74, 6) is -1.06. The molecule has 0 radical (unpaired) electrons. The highest BCUT2D eigenvalue weighted by molar-refractivity contribution is 6.53. The number of hydrogen-bond acceptors (Lipinski definition) is 4. The number of nitrogens with zero attached hydrogens (tertiary/aromatic N) is 1. The fourth-order valence-electron chi connectivity index (χ4n) is 4.35. The smallest absolute Gasteiger partial charge is 0.283 e. The molecule has 1 heterocycles. The number of carbonyl (C=O) groups excluding carboxylic acids is 3. The maximum absolute atomic E-state index is 13.4. The minimum Gasteiger partial charge on any atom is -0.349 e. The van der Waals surface area contributed by atoms with Gasteiger partial charge in [0.25, 0.3) is 17.7 Å². The van der Waals surface area contributed by atoms with Crippen molar-refractivity contribution in [1.82, 2.24) is 0 Å². The predicted octanol–water partition coefficient (Wildman–Crippen LogP) is 7.58. The standard InChI is InChI=1S/C30H29Cl2N3O3/c1-16(2)22-7-6-8-23(17(3)4)26(22)34-28(36)19-10-9-18(5)24(15-19)33-27-25(32)29(37)35(30(27)38)21-13-11-20(31)12-14-21/h6-17,33H,1-5H3,(H,34,36). The normalized spacial score (nSPS) is 13.7. The van der Waals surface area contributed by atoms with Crippen molar-refractivity contribution < 1.29 is 14.4 Å². The minimum atomic E-state index is -0.639. The molecule has 6 nitrogen and oxygen atoms in total. The molecule has 3 amide bonds. The second-order valence-electron chi connectivity index (χ2n) is 9.84. The number of halogens is 2. The van der Waals surface area contributed by atoms with E-state index in [4.69, 9.17) is 23.2 Å². The summed E-state index contributed by atoms with van der Waals surface area (Å²) in [7, 11) is 0. The molecule has 0 aliphatic carbocycles. The van der Waals surface area contributed by atoms with Gasteiger partial charge in [-0.25, -0.2) is 4.90 Å². The Balaban J connectivity index is 1.62. The maximum atomic E-state index is 13.4. The van der Waals surface area contributed by atoms with Crippen LogP contribution >= 0.6 is 23.2 Å². The van der Waals surface area contributed by atoms with Crippen LogP contribution in [0.5, 0.6) is 0 Å². The molecule has 0 fully saturated rings. The van der Waals surface area contributed by atoms with Gasteiger partial charge >= 0.3 is 0 Å². The third-order valence-corrected chi connectivity index (χ3v) is 7.09. The lowest BCUT2D eigenvalue weighted by molar-refractivity contribution is -0.120. The van der Waals surface area contributed by atoms with Gasteiger partial charge in [-0.15, -0.1) is 0 Å². The maximum Gasteiger partial charge on any atom is 0.283 e. The van der Waals surface area contributed by atoms with Gasteiger partial charge < -0.3 is 10.6 Å². The van der Waals surface area contributed by atoms with Gasteiger partial charge in [-0.05, 0) is 71.8 Å². The molecule has 0 spiro atoms. The molecular weight excluding hydrogens is 521 g/mol. The summed E-state index contributed by atoms with van der Waals surface area (Å²) in [6.07, 6.45) is 0. The minimum absolute atomic E-state index is 0.0560. The van der Waals surface area contributed by atoms with E-state index in [0.717, 1.165) is 27.3 Å². The summed E-state index contributed by atoms with van der Waals surface area (Å²) < 4.78 is 0. The molecule has 0 atom stereocenters. The van der Waals surface area contributed by atoms with Crippen molar-refractivity contribution in [2.75, 3.05) is 15.5 Å². The van der Waals surface area contributed by atoms with E-state index in [2.05, 4.69) is 38.3 Å². The third-order valence-electron chi connectivity index (χ3n) is 6.48. The Morgan fingerprint density at radius 1 is 0.842 bits per heavy atom. The molecule has 0 aromatic heterocycles. The molecule has 38 heavy (non-hydrogen) atoms. The van der Waals surface area contributed by atoms with Gasteiger partial charge in [0.2, 0.25) is 0 Å². The van der Waals surface area contributed by atoms with Crippen LogP contribution in [-0.2, 0) is 9.59 Å². The van der Waals surface area contributed by atoms with E-state index in [1.165, 1.54) is 0 Å². The Hall–Kier alpha value is -3.61. The molecule has 3 aromatic rings. The van der Waals surface area contributed by atoms with E-state index in [0.29, 0.717) is 22.0 Å².